The Balaban J connectivity index is 2.34. The van der Waals surface area contributed by atoms with Crippen LogP contribution in [0.1, 0.15) is 18.4 Å². The van der Waals surface area contributed by atoms with E-state index in [4.69, 9.17) is 4.42 Å². The van der Waals surface area contributed by atoms with Gasteiger partial charge in [0, 0.05) is 0 Å². The summed E-state index contributed by atoms with van der Waals surface area (Å²) < 4.78 is 56.7. The summed E-state index contributed by atoms with van der Waals surface area (Å²) in [6, 6.07) is 2.17. The van der Waals surface area contributed by atoms with Crippen molar-refractivity contribution in [1.29, 1.82) is 0 Å². The molecule has 3 nitrogen and oxygen atoms in total. The van der Waals surface area contributed by atoms with Gasteiger partial charge in [-0.3, -0.25) is 0 Å². The van der Waals surface area contributed by atoms with Crippen LogP contribution >= 0.6 is 0 Å². The first-order valence-electron chi connectivity index (χ1n) is 5.94. The van der Waals surface area contributed by atoms with Crippen LogP contribution in [-0.2, 0) is 12.7 Å². The fourth-order valence-electron chi connectivity index (χ4n) is 1.64. The highest BCUT2D eigenvalue weighted by atomic mass is 19.4. The third-order valence-corrected chi connectivity index (χ3v) is 2.64. The van der Waals surface area contributed by atoms with Gasteiger partial charge in [-0.1, -0.05) is 6.92 Å². The normalized spacial score (nSPS) is 11.8. The smallest absolute Gasteiger partial charge is 0.416 e. The highest BCUT2D eigenvalue weighted by Gasteiger charge is 2.31. The molecule has 0 amide bonds. The summed E-state index contributed by atoms with van der Waals surface area (Å²) in [6.07, 6.45) is -3.32. The molecule has 1 aromatic heterocycles. The van der Waals surface area contributed by atoms with Crippen LogP contribution in [0, 0.1) is 5.82 Å². The minimum absolute atomic E-state index is 0.0264. The number of benzene rings is 1. The maximum Gasteiger partial charge on any atom is 0.416 e. The number of hydrogen-bond donors (Lipinski definition) is 1. The lowest BCUT2D eigenvalue weighted by Crippen LogP contribution is -2.11. The topological polar surface area (TPSA) is 38.1 Å². The van der Waals surface area contributed by atoms with E-state index in [1.807, 2.05) is 6.92 Å². The van der Waals surface area contributed by atoms with Crippen molar-refractivity contribution in [2.24, 2.45) is 0 Å². The van der Waals surface area contributed by atoms with Crippen molar-refractivity contribution in [2.45, 2.75) is 19.6 Å². The zero-order valence-electron chi connectivity index (χ0n) is 10.6. The summed E-state index contributed by atoms with van der Waals surface area (Å²) in [4.78, 5) is 3.89. The lowest BCUT2D eigenvalue weighted by Gasteiger charge is -2.08. The standard InChI is InChI=1S/C13H12F4N2O/c1-2-18-7-12-19-6-11(20-12)9-5-8(13(15,16)17)3-4-10(9)14/h3-6,18H,2,7H2,1H3. The molecule has 0 spiro atoms. The van der Waals surface area contributed by atoms with Gasteiger partial charge < -0.3 is 9.73 Å². The van der Waals surface area contributed by atoms with E-state index in [0.717, 1.165) is 6.07 Å². The van der Waals surface area contributed by atoms with Gasteiger partial charge in [0.2, 0.25) is 5.89 Å². The van der Waals surface area contributed by atoms with E-state index in [0.29, 0.717) is 31.1 Å². The lowest BCUT2D eigenvalue weighted by molar-refractivity contribution is -0.137. The Labute approximate surface area is 112 Å². The number of nitrogens with one attached hydrogen (secondary N) is 1. The predicted octanol–water partition coefficient (Wildman–Crippen LogP) is 3.61. The van der Waals surface area contributed by atoms with Crippen LogP contribution in [0.5, 0.6) is 0 Å². The summed E-state index contributed by atoms with van der Waals surface area (Å²) in [5.74, 6) is -0.524. The molecule has 0 aliphatic rings. The number of aromatic nitrogens is 1. The quantitative estimate of drug-likeness (QED) is 0.873. The molecule has 108 valence electrons. The monoisotopic (exact) mass is 288 g/mol. The minimum Gasteiger partial charge on any atom is -0.439 e. The maximum atomic E-state index is 13.6. The van der Waals surface area contributed by atoms with Crippen molar-refractivity contribution in [3.63, 3.8) is 0 Å². The van der Waals surface area contributed by atoms with Gasteiger partial charge in [0.25, 0.3) is 0 Å². The second-order valence-electron chi connectivity index (χ2n) is 4.09. The molecule has 0 atom stereocenters. The van der Waals surface area contributed by atoms with Gasteiger partial charge in [-0.25, -0.2) is 9.37 Å². The highest BCUT2D eigenvalue weighted by Crippen LogP contribution is 2.33. The van der Waals surface area contributed by atoms with Gasteiger partial charge in [-0.05, 0) is 24.7 Å². The zero-order chi connectivity index (χ0) is 14.8. The SMILES string of the molecule is CCNCc1ncc(-c2cc(C(F)(F)F)ccc2F)o1. The van der Waals surface area contributed by atoms with Gasteiger partial charge in [0.05, 0.1) is 23.9 Å². The second-order valence-corrected chi connectivity index (χ2v) is 4.09. The summed E-state index contributed by atoms with van der Waals surface area (Å²) in [5.41, 5.74) is -1.19. The van der Waals surface area contributed by atoms with E-state index in [9.17, 15) is 17.6 Å². The molecule has 0 radical (unpaired) electrons. The molecule has 0 aliphatic carbocycles. The summed E-state index contributed by atoms with van der Waals surface area (Å²) in [7, 11) is 0. The number of hydrogen-bond acceptors (Lipinski definition) is 3. The molecule has 0 saturated heterocycles. The number of nitrogens with zero attached hydrogens (tertiary/aromatic N) is 1. The van der Waals surface area contributed by atoms with Crippen LogP contribution in [0.2, 0.25) is 0 Å². The molecule has 0 fully saturated rings. The summed E-state index contributed by atoms with van der Waals surface area (Å²) in [5, 5.41) is 2.95. The summed E-state index contributed by atoms with van der Waals surface area (Å²) in [6.45, 7) is 2.91. The van der Waals surface area contributed by atoms with Crippen molar-refractivity contribution in [1.82, 2.24) is 10.3 Å². The van der Waals surface area contributed by atoms with Crippen molar-refractivity contribution < 1.29 is 22.0 Å². The molecule has 2 aromatic rings. The third kappa shape index (κ3) is 3.16. The molecule has 0 aliphatic heterocycles. The van der Waals surface area contributed by atoms with Gasteiger partial charge in [-0.2, -0.15) is 13.2 Å². The van der Waals surface area contributed by atoms with Crippen LogP contribution in [0.4, 0.5) is 17.6 Å². The number of alkyl halides is 3. The Morgan fingerprint density at radius 2 is 2.05 bits per heavy atom. The van der Waals surface area contributed by atoms with E-state index in [-0.39, 0.29) is 11.3 Å². The molecule has 0 saturated carbocycles. The Morgan fingerprint density at radius 3 is 2.70 bits per heavy atom. The van der Waals surface area contributed by atoms with Crippen LogP contribution in [0.25, 0.3) is 11.3 Å². The molecule has 1 heterocycles. The number of rotatable bonds is 4. The van der Waals surface area contributed by atoms with Gasteiger partial charge in [-0.15, -0.1) is 0 Å². The van der Waals surface area contributed by atoms with Crippen LogP contribution in [-0.4, -0.2) is 11.5 Å². The summed E-state index contributed by atoms with van der Waals surface area (Å²) >= 11 is 0. The molecule has 1 aromatic carbocycles. The molecule has 1 N–H and O–H groups in total. The predicted molar refractivity (Wildman–Crippen MR) is 64.3 cm³/mol. The van der Waals surface area contributed by atoms with Crippen LogP contribution in [0.3, 0.4) is 0 Å². The van der Waals surface area contributed by atoms with Gasteiger partial charge in [0.15, 0.2) is 5.76 Å². The average Bonchev–Trinajstić information content (AvgIpc) is 2.84. The van der Waals surface area contributed by atoms with Crippen molar-refractivity contribution in [3.05, 3.63) is 41.7 Å². The zero-order valence-corrected chi connectivity index (χ0v) is 10.6. The fraction of sp³-hybridized carbons (Fsp3) is 0.308. The van der Waals surface area contributed by atoms with E-state index in [1.54, 1.807) is 0 Å². The van der Waals surface area contributed by atoms with Gasteiger partial charge >= 0.3 is 6.18 Å². The molecule has 0 bridgehead atoms. The van der Waals surface area contributed by atoms with Crippen molar-refractivity contribution in [3.8, 4) is 11.3 Å². The van der Waals surface area contributed by atoms with Crippen molar-refractivity contribution in [2.75, 3.05) is 6.54 Å². The van der Waals surface area contributed by atoms with Crippen molar-refractivity contribution >= 4 is 0 Å². The Kier molecular flexibility index (Phi) is 4.08. The van der Waals surface area contributed by atoms with Crippen LogP contribution < -0.4 is 5.32 Å². The van der Waals surface area contributed by atoms with E-state index in [2.05, 4.69) is 10.3 Å². The molecular weight excluding hydrogens is 276 g/mol. The third-order valence-electron chi connectivity index (χ3n) is 2.64. The Morgan fingerprint density at radius 1 is 1.30 bits per heavy atom. The van der Waals surface area contributed by atoms with Crippen LogP contribution in [0.15, 0.2) is 28.8 Å². The average molecular weight is 288 g/mol. The first kappa shape index (κ1) is 14.5. The first-order chi connectivity index (χ1) is 9.41. The Bertz CT molecular complexity index is 592. The largest absolute Gasteiger partial charge is 0.439 e. The molecule has 0 unspecified atom stereocenters. The minimum atomic E-state index is -4.53. The fourth-order valence-corrected chi connectivity index (χ4v) is 1.64. The molecule has 7 heteroatoms. The Hall–Kier alpha value is -1.89. The lowest BCUT2D eigenvalue weighted by atomic mass is 10.1. The first-order valence-corrected chi connectivity index (χ1v) is 5.94. The maximum absolute atomic E-state index is 13.6. The molecule has 20 heavy (non-hydrogen) atoms. The second kappa shape index (κ2) is 5.62. The molecule has 2 rings (SSSR count). The highest BCUT2D eigenvalue weighted by molar-refractivity contribution is 5.58. The van der Waals surface area contributed by atoms with E-state index in [1.165, 1.54) is 6.20 Å². The number of oxazole rings is 1. The molecular formula is C13H12F4N2O. The van der Waals surface area contributed by atoms with E-state index < -0.39 is 17.6 Å². The van der Waals surface area contributed by atoms with E-state index >= 15 is 0 Å². The number of halogens is 4. The van der Waals surface area contributed by atoms with Gasteiger partial charge in [0.1, 0.15) is 5.82 Å².